The summed E-state index contributed by atoms with van der Waals surface area (Å²) in [5.74, 6) is -14.5. The molecule has 59 heavy (non-hydrogen) atoms. The van der Waals surface area contributed by atoms with E-state index in [2.05, 4.69) is 25.3 Å². The molecule has 0 bridgehead atoms. The zero-order valence-corrected chi connectivity index (χ0v) is 30.9. The van der Waals surface area contributed by atoms with Gasteiger partial charge < -0.3 is 53.4 Å². The summed E-state index contributed by atoms with van der Waals surface area (Å²) in [5, 5.41) is 40.3. The summed E-state index contributed by atoms with van der Waals surface area (Å²) in [6.07, 6.45) is -5.94. The molecule has 0 fully saturated rings. The normalized spacial score (nSPS) is 13.5. The Labute approximate surface area is 331 Å². The van der Waals surface area contributed by atoms with Gasteiger partial charge in [-0.3, -0.25) is 53.0 Å². The van der Waals surface area contributed by atoms with Crippen molar-refractivity contribution in [3.05, 3.63) is 52.1 Å². The molecule has 316 valence electrons. The van der Waals surface area contributed by atoms with Gasteiger partial charge in [-0.05, 0) is 49.9 Å². The zero-order chi connectivity index (χ0) is 44.2. The predicted octanol–water partition coefficient (Wildman–Crippen LogP) is -2.30. The molecule has 0 aliphatic heterocycles. The number of ketones is 1. The number of ether oxygens (including phenoxy) is 1. The zero-order valence-electron chi connectivity index (χ0n) is 30.9. The van der Waals surface area contributed by atoms with Crippen LogP contribution >= 0.6 is 0 Å². The lowest BCUT2D eigenvalue weighted by Crippen LogP contribution is -2.65. The van der Waals surface area contributed by atoms with Crippen LogP contribution in [0.15, 0.2) is 35.3 Å². The van der Waals surface area contributed by atoms with Crippen molar-refractivity contribution in [1.82, 2.24) is 24.8 Å². The van der Waals surface area contributed by atoms with Crippen molar-refractivity contribution in [2.75, 3.05) is 11.1 Å². The number of amides is 2. The number of carboxylic acid groups (broad SMARTS) is 4. The summed E-state index contributed by atoms with van der Waals surface area (Å²) in [6, 6.07) is -0.296. The molecule has 25 nitrogen and oxygen atoms in total. The van der Waals surface area contributed by atoms with E-state index in [0.29, 0.717) is 5.69 Å². The molecule has 0 spiro atoms. The molecule has 2 aromatic heterocycles. The summed E-state index contributed by atoms with van der Waals surface area (Å²) in [6.45, 7) is -0.0446. The van der Waals surface area contributed by atoms with E-state index < -0.39 is 140 Å². The number of carboxylic acids is 4. The van der Waals surface area contributed by atoms with Crippen LogP contribution in [0.1, 0.15) is 67.4 Å². The molecule has 0 saturated heterocycles. The summed E-state index contributed by atoms with van der Waals surface area (Å²) < 4.78 is 4.86. The molecule has 0 aliphatic carbocycles. The van der Waals surface area contributed by atoms with Gasteiger partial charge in [-0.1, -0.05) is 0 Å². The van der Waals surface area contributed by atoms with Gasteiger partial charge in [0, 0.05) is 36.9 Å². The lowest BCUT2D eigenvalue weighted by molar-refractivity contribution is -0.173. The largest absolute Gasteiger partial charge is 0.481 e. The van der Waals surface area contributed by atoms with Crippen molar-refractivity contribution >= 4 is 76.2 Å². The Morgan fingerprint density at radius 3 is 1.92 bits per heavy atom. The molecule has 25 heteroatoms. The Bertz CT molecular complexity index is 2200. The molecule has 3 rings (SSSR count). The number of Topliss-reactive ketones (excluding diaryl/α,β-unsaturated/α-hetero) is 1. The number of nitrogen functional groups attached to an aromatic ring is 1. The molecule has 1 aromatic carbocycles. The monoisotopic (exact) mass is 828 g/mol. The van der Waals surface area contributed by atoms with E-state index in [-0.39, 0.29) is 34.3 Å². The van der Waals surface area contributed by atoms with Crippen molar-refractivity contribution in [1.29, 1.82) is 0 Å². The number of benzene rings is 1. The first-order valence-electron chi connectivity index (χ1n) is 17.4. The number of aromatic amines is 1. The van der Waals surface area contributed by atoms with Gasteiger partial charge in [0.25, 0.3) is 11.5 Å². The fraction of sp³-hybridized carbons (Fsp3) is 0.382. The van der Waals surface area contributed by atoms with Crippen LogP contribution in [0.2, 0.25) is 0 Å². The molecule has 2 amide bonds. The lowest BCUT2D eigenvalue weighted by atomic mass is 9.82. The predicted molar refractivity (Wildman–Crippen MR) is 198 cm³/mol. The number of H-pyrrole nitrogens is 1. The highest BCUT2D eigenvalue weighted by Gasteiger charge is 2.57. The van der Waals surface area contributed by atoms with Gasteiger partial charge in [0.15, 0.2) is 16.9 Å². The number of esters is 2. The van der Waals surface area contributed by atoms with E-state index in [0.717, 1.165) is 12.1 Å². The fourth-order valence-corrected chi connectivity index (χ4v) is 5.35. The van der Waals surface area contributed by atoms with Crippen molar-refractivity contribution in [2.45, 2.75) is 81.6 Å². The number of fused-ring (bicyclic) bond motifs is 1. The first-order valence-corrected chi connectivity index (χ1v) is 17.4. The van der Waals surface area contributed by atoms with Crippen LogP contribution in [-0.2, 0) is 49.6 Å². The number of anilines is 2. The molecular weight excluding hydrogens is 788 g/mol. The summed E-state index contributed by atoms with van der Waals surface area (Å²) in [7, 11) is 0. The SMILES string of the molecule is Nc1nc2ncc(CNc3ccc(C(=O)N(C(=O)CCC(N)C(=O)O)C(CCC(=O)O)(C(=O)CCC(N)C(=O)O)C(=O)OC(=O)CCC(N)C(=O)O)cc3)nc2c(=O)[nH]1. The van der Waals surface area contributed by atoms with Crippen LogP contribution < -0.4 is 33.8 Å². The van der Waals surface area contributed by atoms with E-state index in [1.165, 1.54) is 18.3 Å². The van der Waals surface area contributed by atoms with Gasteiger partial charge in [-0.2, -0.15) is 4.98 Å². The molecular formula is C34H40N10O15. The standard InChI is InChI=1S/C34H40N10O15/c35-18(29(52)53)5-8-21(45)34(12-11-23(47)48,32(58)59-24(49)10-7-20(37)31(56)57)44(22(46)9-6-19(36)30(54)55)28(51)15-1-3-16(4-2-15)39-13-17-14-40-26-25(41-17)27(50)43-33(38)42-26/h1-4,14,18-20,39H,5-13,35-37H2,(H,47,48)(H,52,53)(H,54,55)(H,56,57)(H3,38,40,42,43,50). The average molecular weight is 829 g/mol. The van der Waals surface area contributed by atoms with Crippen molar-refractivity contribution in [2.24, 2.45) is 17.2 Å². The molecule has 14 N–H and O–H groups in total. The average Bonchev–Trinajstić information content (AvgIpc) is 3.18. The number of nitrogens with two attached hydrogens (primary N) is 4. The molecule has 2 heterocycles. The van der Waals surface area contributed by atoms with Gasteiger partial charge in [-0.15, -0.1) is 0 Å². The van der Waals surface area contributed by atoms with E-state index in [1.54, 1.807) is 0 Å². The molecule has 4 unspecified atom stereocenters. The van der Waals surface area contributed by atoms with Crippen LogP contribution in [0.5, 0.6) is 0 Å². The van der Waals surface area contributed by atoms with Crippen LogP contribution in [0, 0.1) is 0 Å². The van der Waals surface area contributed by atoms with Gasteiger partial charge in [0.05, 0.1) is 18.4 Å². The van der Waals surface area contributed by atoms with Gasteiger partial charge >= 0.3 is 35.8 Å². The first kappa shape index (κ1) is 46.1. The maximum atomic E-state index is 14.4. The first-order chi connectivity index (χ1) is 27.7. The van der Waals surface area contributed by atoms with Crippen LogP contribution in [0.3, 0.4) is 0 Å². The minimum atomic E-state index is -3.34. The quantitative estimate of drug-likeness (QED) is 0.0376. The van der Waals surface area contributed by atoms with Crippen molar-refractivity contribution in [3.63, 3.8) is 0 Å². The Kier molecular flexibility index (Phi) is 15.8. The third kappa shape index (κ3) is 12.1. The lowest BCUT2D eigenvalue weighted by Gasteiger charge is -2.39. The number of aromatic nitrogens is 4. The molecule has 0 aliphatic rings. The van der Waals surface area contributed by atoms with E-state index in [9.17, 15) is 63.3 Å². The van der Waals surface area contributed by atoms with Gasteiger partial charge in [0.2, 0.25) is 17.4 Å². The summed E-state index contributed by atoms with van der Waals surface area (Å²) in [5.41, 5.74) is 18.1. The summed E-state index contributed by atoms with van der Waals surface area (Å²) >= 11 is 0. The van der Waals surface area contributed by atoms with E-state index in [4.69, 9.17) is 32.8 Å². The number of rotatable bonds is 22. The number of aliphatic carboxylic acids is 4. The number of hydrogen-bond acceptors (Lipinski definition) is 19. The van der Waals surface area contributed by atoms with Crippen molar-refractivity contribution in [3.8, 4) is 0 Å². The fourth-order valence-electron chi connectivity index (χ4n) is 5.35. The van der Waals surface area contributed by atoms with Gasteiger partial charge in [0.1, 0.15) is 18.1 Å². The highest BCUT2D eigenvalue weighted by molar-refractivity contribution is 6.19. The summed E-state index contributed by atoms with van der Waals surface area (Å²) in [4.78, 5) is 142. The minimum Gasteiger partial charge on any atom is -0.481 e. The second kappa shape index (κ2) is 20.3. The molecule has 0 radical (unpaired) electrons. The number of carbonyl (C=O) groups excluding carboxylic acids is 5. The molecule has 4 atom stereocenters. The number of nitrogens with zero attached hydrogens (tertiary/aromatic N) is 4. The van der Waals surface area contributed by atoms with Crippen molar-refractivity contribution < 1.29 is 68.3 Å². The Hall–Kier alpha value is -7.25. The number of nitrogens with one attached hydrogen (secondary N) is 2. The third-order valence-corrected chi connectivity index (χ3v) is 8.59. The number of hydrogen-bond donors (Lipinski definition) is 10. The van der Waals surface area contributed by atoms with Crippen LogP contribution in [0.25, 0.3) is 11.2 Å². The second-order valence-electron chi connectivity index (χ2n) is 12.8. The highest BCUT2D eigenvalue weighted by Crippen LogP contribution is 2.32. The third-order valence-electron chi connectivity index (χ3n) is 8.59. The van der Waals surface area contributed by atoms with E-state index >= 15 is 0 Å². The molecule has 0 saturated carbocycles. The Balaban J connectivity index is 2.12. The van der Waals surface area contributed by atoms with Crippen LogP contribution in [-0.4, -0.2) is 122 Å². The highest BCUT2D eigenvalue weighted by atomic mass is 16.6. The Morgan fingerprint density at radius 2 is 1.36 bits per heavy atom. The number of imide groups is 1. The number of carbonyl (C=O) groups is 9. The topological polar surface area (TPSA) is 435 Å². The minimum absolute atomic E-state index is 0.0137. The maximum absolute atomic E-state index is 14.4. The smallest absolute Gasteiger partial charge is 0.348 e. The molecule has 3 aromatic rings. The maximum Gasteiger partial charge on any atom is 0.348 e. The van der Waals surface area contributed by atoms with Crippen LogP contribution in [0.4, 0.5) is 11.6 Å². The van der Waals surface area contributed by atoms with Gasteiger partial charge in [-0.25, -0.2) is 14.8 Å². The second-order valence-corrected chi connectivity index (χ2v) is 12.8. The Morgan fingerprint density at radius 1 is 0.797 bits per heavy atom. The van der Waals surface area contributed by atoms with E-state index in [1.807, 2.05) is 0 Å².